The predicted molar refractivity (Wildman–Crippen MR) is 87.6 cm³/mol. The number of hydrogen-bond donors (Lipinski definition) is 2. The topological polar surface area (TPSA) is 44.0 Å². The molecule has 114 valence electrons. The summed E-state index contributed by atoms with van der Waals surface area (Å²) in [6.45, 7) is 5.72. The van der Waals surface area contributed by atoms with Gasteiger partial charge < -0.3 is 10.2 Å². The molecule has 0 amide bonds. The minimum atomic E-state index is 0.242. The van der Waals surface area contributed by atoms with Crippen LogP contribution in [0.4, 0.5) is 0 Å². The second kappa shape index (κ2) is 7.07. The third kappa shape index (κ3) is 3.84. The molecule has 4 nitrogen and oxygen atoms in total. The summed E-state index contributed by atoms with van der Waals surface area (Å²) in [6, 6.07) is 8.26. The Morgan fingerprint density at radius 3 is 2.57 bits per heavy atom. The Balaban J connectivity index is 2.03. The highest BCUT2D eigenvalue weighted by Crippen LogP contribution is 2.25. The van der Waals surface area contributed by atoms with Crippen LogP contribution in [0.3, 0.4) is 0 Å². The zero-order valence-corrected chi connectivity index (χ0v) is 13.8. The maximum absolute atomic E-state index is 6.32. The molecule has 5 heteroatoms. The quantitative estimate of drug-likeness (QED) is 0.862. The first-order valence-electron chi connectivity index (χ1n) is 7.12. The van der Waals surface area contributed by atoms with Gasteiger partial charge in [0.1, 0.15) is 0 Å². The molecule has 1 aromatic heterocycles. The number of aromatic nitrogens is 2. The molecule has 0 fully saturated rings. The first-order valence-corrected chi connectivity index (χ1v) is 7.50. The summed E-state index contributed by atoms with van der Waals surface area (Å²) in [5.41, 5.74) is 4.57. The van der Waals surface area contributed by atoms with E-state index in [9.17, 15) is 0 Å². The lowest BCUT2D eigenvalue weighted by Crippen LogP contribution is -2.31. The van der Waals surface area contributed by atoms with E-state index in [0.717, 1.165) is 35.1 Å². The van der Waals surface area contributed by atoms with Crippen LogP contribution in [-0.4, -0.2) is 35.7 Å². The summed E-state index contributed by atoms with van der Waals surface area (Å²) >= 11 is 6.32. The van der Waals surface area contributed by atoms with Crippen molar-refractivity contribution in [2.45, 2.75) is 26.4 Å². The number of benzene rings is 1. The Morgan fingerprint density at radius 2 is 2.00 bits per heavy atom. The van der Waals surface area contributed by atoms with Crippen molar-refractivity contribution in [3.05, 3.63) is 51.8 Å². The highest BCUT2D eigenvalue weighted by atomic mass is 35.5. The van der Waals surface area contributed by atoms with Gasteiger partial charge in [0, 0.05) is 35.4 Å². The molecule has 0 aliphatic heterocycles. The van der Waals surface area contributed by atoms with Gasteiger partial charge in [-0.1, -0.05) is 29.8 Å². The van der Waals surface area contributed by atoms with Crippen LogP contribution in [0.2, 0.25) is 5.02 Å². The monoisotopic (exact) mass is 306 g/mol. The Hall–Kier alpha value is -1.36. The molecular formula is C16H23ClN4. The third-order valence-corrected chi connectivity index (χ3v) is 4.15. The third-order valence-electron chi connectivity index (χ3n) is 3.81. The molecule has 0 saturated heterocycles. The van der Waals surface area contributed by atoms with Crippen LogP contribution in [0, 0.1) is 13.8 Å². The Bertz CT molecular complexity index is 572. The molecular weight excluding hydrogens is 284 g/mol. The van der Waals surface area contributed by atoms with Gasteiger partial charge in [0.05, 0.1) is 5.69 Å². The molecule has 1 aromatic carbocycles. The second-order valence-corrected chi connectivity index (χ2v) is 5.95. The number of aromatic amines is 1. The summed E-state index contributed by atoms with van der Waals surface area (Å²) in [5.74, 6) is 0. The van der Waals surface area contributed by atoms with Crippen LogP contribution < -0.4 is 5.32 Å². The summed E-state index contributed by atoms with van der Waals surface area (Å²) in [4.78, 5) is 2.18. The van der Waals surface area contributed by atoms with E-state index in [1.165, 1.54) is 5.56 Å². The van der Waals surface area contributed by atoms with Gasteiger partial charge in [-0.15, -0.1) is 0 Å². The van der Waals surface area contributed by atoms with Crippen molar-refractivity contribution < 1.29 is 0 Å². The first kappa shape index (κ1) is 16.0. The minimum Gasteiger partial charge on any atom is -0.311 e. The lowest BCUT2D eigenvalue weighted by Gasteiger charge is -2.26. The van der Waals surface area contributed by atoms with E-state index in [4.69, 9.17) is 11.6 Å². The highest BCUT2D eigenvalue weighted by molar-refractivity contribution is 6.31. The molecule has 0 aliphatic carbocycles. The first-order chi connectivity index (χ1) is 10.0. The molecule has 2 aromatic rings. The smallest absolute Gasteiger partial charge is 0.0638 e. The minimum absolute atomic E-state index is 0.242. The predicted octanol–water partition coefficient (Wildman–Crippen LogP) is 3.07. The number of nitrogens with zero attached hydrogens (tertiary/aromatic N) is 2. The van der Waals surface area contributed by atoms with Crippen molar-refractivity contribution in [1.29, 1.82) is 0 Å². The number of halogens is 1. The second-order valence-electron chi connectivity index (χ2n) is 5.54. The standard InChI is InChI=1S/C16H23ClN4/c1-11-14(12(2)20-19-11)9-18-10-16(21(3)4)13-7-5-6-8-15(13)17/h5-8,16,18H,9-10H2,1-4H3,(H,19,20)/t16-/m1/s1. The van der Waals surface area contributed by atoms with E-state index in [-0.39, 0.29) is 6.04 Å². The van der Waals surface area contributed by atoms with Crippen molar-refractivity contribution in [3.63, 3.8) is 0 Å². The van der Waals surface area contributed by atoms with Crippen LogP contribution in [-0.2, 0) is 6.54 Å². The van der Waals surface area contributed by atoms with Crippen LogP contribution in [0.5, 0.6) is 0 Å². The highest BCUT2D eigenvalue weighted by Gasteiger charge is 2.16. The van der Waals surface area contributed by atoms with Crippen molar-refractivity contribution in [2.24, 2.45) is 0 Å². The maximum Gasteiger partial charge on any atom is 0.0638 e. The number of hydrogen-bond acceptors (Lipinski definition) is 3. The van der Waals surface area contributed by atoms with Gasteiger partial charge in [-0.3, -0.25) is 5.10 Å². The van der Waals surface area contributed by atoms with Crippen LogP contribution in [0.25, 0.3) is 0 Å². The van der Waals surface area contributed by atoms with Gasteiger partial charge in [-0.05, 0) is 39.6 Å². The zero-order chi connectivity index (χ0) is 15.4. The van der Waals surface area contributed by atoms with Crippen molar-refractivity contribution in [2.75, 3.05) is 20.6 Å². The summed E-state index contributed by atoms with van der Waals surface area (Å²) in [6.07, 6.45) is 0. The molecule has 2 rings (SSSR count). The van der Waals surface area contributed by atoms with Crippen molar-refractivity contribution in [1.82, 2.24) is 20.4 Å². The molecule has 2 N–H and O–H groups in total. The number of nitrogens with one attached hydrogen (secondary N) is 2. The van der Waals surface area contributed by atoms with E-state index in [1.807, 2.05) is 25.1 Å². The van der Waals surface area contributed by atoms with Crippen LogP contribution >= 0.6 is 11.6 Å². The van der Waals surface area contributed by atoms with Gasteiger partial charge in [0.15, 0.2) is 0 Å². The zero-order valence-electron chi connectivity index (χ0n) is 13.1. The van der Waals surface area contributed by atoms with Crippen molar-refractivity contribution >= 4 is 11.6 Å². The van der Waals surface area contributed by atoms with Crippen molar-refractivity contribution in [3.8, 4) is 0 Å². The Morgan fingerprint density at radius 1 is 1.29 bits per heavy atom. The van der Waals surface area contributed by atoms with Crippen LogP contribution in [0.1, 0.15) is 28.6 Å². The average molecular weight is 307 g/mol. The van der Waals surface area contributed by atoms with E-state index in [2.05, 4.69) is 47.5 Å². The summed E-state index contributed by atoms with van der Waals surface area (Å²) in [7, 11) is 4.15. The maximum atomic E-state index is 6.32. The van der Waals surface area contributed by atoms with E-state index >= 15 is 0 Å². The summed E-state index contributed by atoms with van der Waals surface area (Å²) < 4.78 is 0. The fourth-order valence-electron chi connectivity index (χ4n) is 2.48. The molecule has 0 spiro atoms. The SMILES string of the molecule is Cc1n[nH]c(C)c1CNC[C@H](c1ccccc1Cl)N(C)C. The van der Waals surface area contributed by atoms with Gasteiger partial charge in [-0.25, -0.2) is 0 Å². The normalized spacial score (nSPS) is 12.9. The molecule has 0 radical (unpaired) electrons. The molecule has 0 bridgehead atoms. The Labute approximate surface area is 131 Å². The molecule has 0 saturated carbocycles. The van der Waals surface area contributed by atoms with Gasteiger partial charge >= 0.3 is 0 Å². The number of rotatable bonds is 6. The number of aryl methyl sites for hydroxylation is 2. The molecule has 1 heterocycles. The van der Waals surface area contributed by atoms with Crippen LogP contribution in [0.15, 0.2) is 24.3 Å². The fraction of sp³-hybridized carbons (Fsp3) is 0.438. The lowest BCUT2D eigenvalue weighted by atomic mass is 10.1. The fourth-order valence-corrected chi connectivity index (χ4v) is 2.75. The average Bonchev–Trinajstić information content (AvgIpc) is 2.76. The largest absolute Gasteiger partial charge is 0.311 e. The van der Waals surface area contributed by atoms with Gasteiger partial charge in [0.2, 0.25) is 0 Å². The van der Waals surface area contributed by atoms with E-state index in [0.29, 0.717) is 0 Å². The number of H-pyrrole nitrogens is 1. The van der Waals surface area contributed by atoms with Gasteiger partial charge in [0.25, 0.3) is 0 Å². The van der Waals surface area contributed by atoms with Gasteiger partial charge in [-0.2, -0.15) is 5.10 Å². The lowest BCUT2D eigenvalue weighted by molar-refractivity contribution is 0.288. The van der Waals surface area contributed by atoms with E-state index < -0.39 is 0 Å². The molecule has 0 aliphatic rings. The Kier molecular flexibility index (Phi) is 5.39. The van der Waals surface area contributed by atoms with E-state index in [1.54, 1.807) is 0 Å². The molecule has 0 unspecified atom stereocenters. The molecule has 1 atom stereocenters. The summed E-state index contributed by atoms with van der Waals surface area (Å²) in [5, 5.41) is 11.6. The number of likely N-dealkylation sites (N-methyl/N-ethyl adjacent to an activating group) is 1. The molecule has 21 heavy (non-hydrogen) atoms.